The molecule has 2 N–H and O–H groups in total. The van der Waals surface area contributed by atoms with Gasteiger partial charge in [-0.25, -0.2) is 4.79 Å². The van der Waals surface area contributed by atoms with Gasteiger partial charge in [0.05, 0.1) is 0 Å². The highest BCUT2D eigenvalue weighted by atomic mass is 16.6. The third-order valence-corrected chi connectivity index (χ3v) is 4.34. The van der Waals surface area contributed by atoms with E-state index < -0.39 is 11.5 Å². The fourth-order valence-electron chi connectivity index (χ4n) is 3.05. The van der Waals surface area contributed by atoms with E-state index in [1.807, 2.05) is 45.9 Å². The van der Waals surface area contributed by atoms with Crippen LogP contribution in [0.5, 0.6) is 0 Å². The summed E-state index contributed by atoms with van der Waals surface area (Å²) in [5.74, 6) is -0.419. The number of rotatable bonds is 3. The van der Waals surface area contributed by atoms with Crippen LogP contribution in [-0.2, 0) is 11.3 Å². The van der Waals surface area contributed by atoms with Crippen molar-refractivity contribution >= 4 is 12.0 Å². The fourth-order valence-corrected chi connectivity index (χ4v) is 3.05. The molecule has 0 spiro atoms. The first-order valence-corrected chi connectivity index (χ1v) is 8.69. The normalized spacial score (nSPS) is 21.9. The quantitative estimate of drug-likeness (QED) is 0.912. The van der Waals surface area contributed by atoms with Gasteiger partial charge >= 0.3 is 6.09 Å². The summed E-state index contributed by atoms with van der Waals surface area (Å²) in [4.78, 5) is 27.8. The maximum Gasteiger partial charge on any atom is 0.410 e. The second kappa shape index (κ2) is 7.44. The van der Waals surface area contributed by atoms with Crippen LogP contribution >= 0.6 is 0 Å². The third-order valence-electron chi connectivity index (χ3n) is 4.34. The van der Waals surface area contributed by atoms with Crippen molar-refractivity contribution in [3.05, 3.63) is 35.4 Å². The molecule has 6 heteroatoms. The van der Waals surface area contributed by atoms with Crippen LogP contribution in [0.3, 0.4) is 0 Å². The minimum absolute atomic E-state index is 0.0605. The van der Waals surface area contributed by atoms with Gasteiger partial charge in [0.15, 0.2) is 0 Å². The molecule has 1 heterocycles. The van der Waals surface area contributed by atoms with E-state index in [2.05, 4.69) is 11.8 Å². The number of piperazine rings is 1. The van der Waals surface area contributed by atoms with Crippen LogP contribution < -0.4 is 5.73 Å². The summed E-state index contributed by atoms with van der Waals surface area (Å²) in [5, 5.41) is 0. The highest BCUT2D eigenvalue weighted by Gasteiger charge is 2.34. The van der Waals surface area contributed by atoms with Crippen molar-refractivity contribution in [2.75, 3.05) is 13.1 Å². The summed E-state index contributed by atoms with van der Waals surface area (Å²) in [7, 11) is 0. The van der Waals surface area contributed by atoms with Crippen LogP contribution in [0.2, 0.25) is 0 Å². The predicted molar refractivity (Wildman–Crippen MR) is 97.2 cm³/mol. The first-order valence-electron chi connectivity index (χ1n) is 8.69. The van der Waals surface area contributed by atoms with Gasteiger partial charge in [-0.15, -0.1) is 0 Å². The smallest absolute Gasteiger partial charge is 0.410 e. The molecule has 0 aromatic heterocycles. The van der Waals surface area contributed by atoms with Crippen LogP contribution in [0.1, 0.15) is 50.5 Å². The highest BCUT2D eigenvalue weighted by Crippen LogP contribution is 2.21. The van der Waals surface area contributed by atoms with E-state index >= 15 is 0 Å². The van der Waals surface area contributed by atoms with Crippen LogP contribution in [0.4, 0.5) is 4.79 Å². The number of carbonyl (C=O) groups is 2. The molecule has 0 aliphatic carbocycles. The summed E-state index contributed by atoms with van der Waals surface area (Å²) in [6.45, 7) is 11.8. The first kappa shape index (κ1) is 19.2. The number of primary amides is 1. The van der Waals surface area contributed by atoms with E-state index in [9.17, 15) is 9.59 Å². The van der Waals surface area contributed by atoms with Crippen molar-refractivity contribution in [3.8, 4) is 0 Å². The lowest BCUT2D eigenvalue weighted by Gasteiger charge is -2.44. The van der Waals surface area contributed by atoms with E-state index in [0.29, 0.717) is 12.1 Å². The van der Waals surface area contributed by atoms with Gasteiger partial charge in [-0.05, 0) is 52.3 Å². The molecule has 0 bridgehead atoms. The molecule has 0 saturated carbocycles. The molecule has 0 radical (unpaired) electrons. The Kier molecular flexibility index (Phi) is 5.72. The topological polar surface area (TPSA) is 75.9 Å². The molecule has 0 unspecified atom stereocenters. The summed E-state index contributed by atoms with van der Waals surface area (Å²) < 4.78 is 5.51. The average molecular weight is 347 g/mol. The van der Waals surface area contributed by atoms with Crippen molar-refractivity contribution in [3.63, 3.8) is 0 Å². The Morgan fingerprint density at radius 1 is 1.20 bits per heavy atom. The average Bonchev–Trinajstić information content (AvgIpc) is 2.49. The number of nitrogens with zero attached hydrogens (tertiary/aromatic N) is 2. The second-order valence-electron chi connectivity index (χ2n) is 7.82. The summed E-state index contributed by atoms with van der Waals surface area (Å²) >= 11 is 0. The molecule has 2 amide bonds. The van der Waals surface area contributed by atoms with Gasteiger partial charge < -0.3 is 15.4 Å². The molecule has 1 aromatic carbocycles. The van der Waals surface area contributed by atoms with E-state index in [1.54, 1.807) is 11.0 Å². The zero-order chi connectivity index (χ0) is 18.8. The number of ether oxygens (including phenoxy) is 1. The Morgan fingerprint density at radius 2 is 1.88 bits per heavy atom. The molecule has 2 rings (SSSR count). The van der Waals surface area contributed by atoms with Gasteiger partial charge in [0.2, 0.25) is 5.91 Å². The highest BCUT2D eigenvalue weighted by molar-refractivity contribution is 5.92. The second-order valence-corrected chi connectivity index (χ2v) is 7.82. The van der Waals surface area contributed by atoms with Gasteiger partial charge in [0.1, 0.15) is 5.60 Å². The monoisotopic (exact) mass is 347 g/mol. The molecule has 25 heavy (non-hydrogen) atoms. The minimum atomic E-state index is -0.494. The number of hydrogen-bond donors (Lipinski definition) is 1. The molecule has 1 fully saturated rings. The predicted octanol–water partition coefficient (Wildman–Crippen LogP) is 2.62. The van der Waals surface area contributed by atoms with Crippen LogP contribution in [-0.4, -0.2) is 52.6 Å². The Balaban J connectivity index is 2.03. The standard InChI is InChI=1S/C19H29N3O3/c1-13-11-22(18(24)25-19(3,4)5)14(2)10-21(13)12-15-7-6-8-16(9-15)17(20)23/h6-9,13-14H,10-12H2,1-5H3,(H2,20,23)/t13-,14+/m1/s1. The third kappa shape index (κ3) is 5.19. The number of amides is 2. The largest absolute Gasteiger partial charge is 0.444 e. The molecule has 1 aliphatic rings. The van der Waals surface area contributed by atoms with E-state index in [-0.39, 0.29) is 18.2 Å². The van der Waals surface area contributed by atoms with Crippen molar-refractivity contribution < 1.29 is 14.3 Å². The molecule has 1 saturated heterocycles. The SMILES string of the molecule is C[C@@H]1CN(C(=O)OC(C)(C)C)[C@@H](C)CN1Cc1cccc(C(N)=O)c1. The molecular formula is C19H29N3O3. The Hall–Kier alpha value is -2.08. The molecule has 138 valence electrons. The number of benzene rings is 1. The van der Waals surface area contributed by atoms with Crippen LogP contribution in [0, 0.1) is 0 Å². The summed E-state index contributed by atoms with van der Waals surface area (Å²) in [6.07, 6.45) is -0.262. The van der Waals surface area contributed by atoms with Crippen molar-refractivity contribution in [2.24, 2.45) is 5.73 Å². The lowest BCUT2D eigenvalue weighted by Crippen LogP contribution is -2.58. The number of hydrogen-bond acceptors (Lipinski definition) is 4. The number of carbonyl (C=O) groups excluding carboxylic acids is 2. The van der Waals surface area contributed by atoms with E-state index in [0.717, 1.165) is 18.7 Å². The molecule has 1 aliphatic heterocycles. The molecule has 1 aromatic rings. The van der Waals surface area contributed by atoms with Gasteiger partial charge in [0.25, 0.3) is 0 Å². The lowest BCUT2D eigenvalue weighted by molar-refractivity contribution is -0.0117. The van der Waals surface area contributed by atoms with E-state index in [4.69, 9.17) is 10.5 Å². The van der Waals surface area contributed by atoms with Gasteiger partial charge in [-0.2, -0.15) is 0 Å². The zero-order valence-electron chi connectivity index (χ0n) is 15.8. The molecule has 2 atom stereocenters. The maximum absolute atomic E-state index is 12.4. The Bertz CT molecular complexity index is 639. The molecule has 6 nitrogen and oxygen atoms in total. The van der Waals surface area contributed by atoms with Crippen LogP contribution in [0.25, 0.3) is 0 Å². The Labute approximate surface area is 149 Å². The van der Waals surface area contributed by atoms with Gasteiger partial charge in [-0.3, -0.25) is 9.69 Å². The minimum Gasteiger partial charge on any atom is -0.444 e. The van der Waals surface area contributed by atoms with Crippen molar-refractivity contribution in [2.45, 2.75) is 58.8 Å². The summed E-state index contributed by atoms with van der Waals surface area (Å²) in [5.41, 5.74) is 6.42. The van der Waals surface area contributed by atoms with Crippen molar-refractivity contribution in [1.82, 2.24) is 9.80 Å². The van der Waals surface area contributed by atoms with Crippen molar-refractivity contribution in [1.29, 1.82) is 0 Å². The van der Waals surface area contributed by atoms with Gasteiger partial charge in [0, 0.05) is 37.3 Å². The van der Waals surface area contributed by atoms with Gasteiger partial charge in [-0.1, -0.05) is 12.1 Å². The first-order chi connectivity index (χ1) is 11.6. The number of nitrogens with two attached hydrogens (primary N) is 1. The maximum atomic E-state index is 12.4. The van der Waals surface area contributed by atoms with E-state index in [1.165, 1.54) is 0 Å². The fraction of sp³-hybridized carbons (Fsp3) is 0.579. The molecular weight excluding hydrogens is 318 g/mol. The Morgan fingerprint density at radius 3 is 2.48 bits per heavy atom. The van der Waals surface area contributed by atoms with Crippen LogP contribution in [0.15, 0.2) is 24.3 Å². The lowest BCUT2D eigenvalue weighted by atomic mass is 10.1. The zero-order valence-corrected chi connectivity index (χ0v) is 15.8. The summed E-state index contributed by atoms with van der Waals surface area (Å²) in [6, 6.07) is 7.65.